The van der Waals surface area contributed by atoms with E-state index in [2.05, 4.69) is 15.3 Å². The van der Waals surface area contributed by atoms with Crippen molar-refractivity contribution in [2.45, 2.75) is 18.9 Å². The molecule has 1 atom stereocenters. The molecule has 8 nitrogen and oxygen atoms in total. The Hall–Kier alpha value is -2.09. The monoisotopic (exact) mass is 282 g/mol. The maximum Gasteiger partial charge on any atom is 0.326 e. The molecule has 2 amide bonds. The zero-order chi connectivity index (χ0) is 14.4. The zero-order valence-corrected chi connectivity index (χ0v) is 11.0. The van der Waals surface area contributed by atoms with Gasteiger partial charge in [-0.15, -0.1) is 0 Å². The SMILES string of the molecule is O=C(O)[C@H](Cc1cnc[nH]1)NC(=O)N1CCCOCC1. The Kier molecular flexibility index (Phi) is 4.94. The van der Waals surface area contributed by atoms with Gasteiger partial charge in [0.25, 0.3) is 0 Å². The number of aromatic nitrogens is 2. The van der Waals surface area contributed by atoms with Crippen molar-refractivity contribution < 1.29 is 19.4 Å². The van der Waals surface area contributed by atoms with E-state index in [0.29, 0.717) is 32.0 Å². The van der Waals surface area contributed by atoms with Crippen LogP contribution in [0.25, 0.3) is 0 Å². The highest BCUT2D eigenvalue weighted by atomic mass is 16.5. The van der Waals surface area contributed by atoms with Gasteiger partial charge in [-0.1, -0.05) is 0 Å². The Bertz CT molecular complexity index is 440. The summed E-state index contributed by atoms with van der Waals surface area (Å²) in [6.45, 7) is 2.15. The van der Waals surface area contributed by atoms with Crippen LogP contribution in [0.5, 0.6) is 0 Å². The number of hydrogen-bond donors (Lipinski definition) is 3. The Labute approximate surface area is 116 Å². The molecule has 0 aromatic carbocycles. The van der Waals surface area contributed by atoms with Crippen molar-refractivity contribution in [3.8, 4) is 0 Å². The van der Waals surface area contributed by atoms with Crippen LogP contribution in [0.4, 0.5) is 4.79 Å². The highest BCUT2D eigenvalue weighted by Gasteiger charge is 2.24. The molecule has 0 saturated carbocycles. The number of nitrogens with zero attached hydrogens (tertiary/aromatic N) is 2. The summed E-state index contributed by atoms with van der Waals surface area (Å²) < 4.78 is 5.26. The van der Waals surface area contributed by atoms with Crippen LogP contribution in [0, 0.1) is 0 Å². The molecule has 1 saturated heterocycles. The van der Waals surface area contributed by atoms with Crippen molar-refractivity contribution in [3.63, 3.8) is 0 Å². The number of carbonyl (C=O) groups is 2. The molecule has 1 aliphatic rings. The molecule has 0 unspecified atom stereocenters. The highest BCUT2D eigenvalue weighted by molar-refractivity contribution is 5.82. The van der Waals surface area contributed by atoms with Gasteiger partial charge in [0.05, 0.1) is 12.9 Å². The van der Waals surface area contributed by atoms with E-state index in [4.69, 9.17) is 4.74 Å². The number of carboxylic acid groups (broad SMARTS) is 1. The van der Waals surface area contributed by atoms with Crippen LogP contribution < -0.4 is 5.32 Å². The van der Waals surface area contributed by atoms with Crippen LogP contribution >= 0.6 is 0 Å². The van der Waals surface area contributed by atoms with E-state index >= 15 is 0 Å². The standard InChI is InChI=1S/C12H18N4O4/c17-11(18)10(6-9-7-13-8-14-9)15-12(19)16-2-1-4-20-5-3-16/h7-8,10H,1-6H2,(H,13,14)(H,15,19)(H,17,18)/t10-/m0/s1. The van der Waals surface area contributed by atoms with Crippen LogP contribution in [0.15, 0.2) is 12.5 Å². The maximum absolute atomic E-state index is 12.1. The minimum atomic E-state index is -1.07. The third-order valence-corrected chi connectivity index (χ3v) is 3.08. The lowest BCUT2D eigenvalue weighted by Crippen LogP contribution is -2.49. The highest BCUT2D eigenvalue weighted by Crippen LogP contribution is 2.03. The molecule has 20 heavy (non-hydrogen) atoms. The molecule has 0 bridgehead atoms. The van der Waals surface area contributed by atoms with Crippen LogP contribution in [-0.4, -0.2) is 64.3 Å². The van der Waals surface area contributed by atoms with Crippen molar-refractivity contribution in [3.05, 3.63) is 18.2 Å². The van der Waals surface area contributed by atoms with Gasteiger partial charge in [-0.2, -0.15) is 0 Å². The molecule has 0 radical (unpaired) electrons. The van der Waals surface area contributed by atoms with E-state index in [1.54, 1.807) is 11.1 Å². The number of aliphatic carboxylic acids is 1. The molecule has 2 rings (SSSR count). The molecule has 1 aromatic heterocycles. The first kappa shape index (κ1) is 14.3. The topological polar surface area (TPSA) is 108 Å². The van der Waals surface area contributed by atoms with E-state index in [1.807, 2.05) is 0 Å². The van der Waals surface area contributed by atoms with Gasteiger partial charge in [0.2, 0.25) is 0 Å². The molecule has 8 heteroatoms. The zero-order valence-electron chi connectivity index (χ0n) is 11.0. The lowest BCUT2D eigenvalue weighted by molar-refractivity contribution is -0.139. The Morgan fingerprint density at radius 1 is 1.50 bits per heavy atom. The number of H-pyrrole nitrogens is 1. The molecule has 1 aromatic rings. The van der Waals surface area contributed by atoms with Gasteiger partial charge in [0, 0.05) is 38.0 Å². The summed E-state index contributed by atoms with van der Waals surface area (Å²) in [6, 6.07) is -1.35. The molecule has 1 aliphatic heterocycles. The number of nitrogens with one attached hydrogen (secondary N) is 2. The summed E-state index contributed by atoms with van der Waals surface area (Å²) in [5.74, 6) is -1.07. The van der Waals surface area contributed by atoms with Gasteiger partial charge >= 0.3 is 12.0 Å². The lowest BCUT2D eigenvalue weighted by atomic mass is 10.1. The van der Waals surface area contributed by atoms with Gasteiger partial charge in [-0.05, 0) is 6.42 Å². The first-order valence-corrected chi connectivity index (χ1v) is 6.50. The van der Waals surface area contributed by atoms with Gasteiger partial charge in [0.15, 0.2) is 0 Å². The van der Waals surface area contributed by atoms with Crippen LogP contribution in [0.3, 0.4) is 0 Å². The fourth-order valence-corrected chi connectivity index (χ4v) is 2.01. The first-order chi connectivity index (χ1) is 9.66. The minimum Gasteiger partial charge on any atom is -0.480 e. The molecular formula is C12H18N4O4. The molecule has 1 fully saturated rings. The van der Waals surface area contributed by atoms with Crippen molar-refractivity contribution in [1.29, 1.82) is 0 Å². The van der Waals surface area contributed by atoms with E-state index in [1.165, 1.54) is 6.33 Å². The second-order valence-electron chi connectivity index (χ2n) is 4.57. The van der Waals surface area contributed by atoms with E-state index in [-0.39, 0.29) is 12.5 Å². The quantitative estimate of drug-likeness (QED) is 0.711. The third kappa shape index (κ3) is 3.95. The Balaban J connectivity index is 1.93. The van der Waals surface area contributed by atoms with Gasteiger partial charge < -0.3 is 25.0 Å². The van der Waals surface area contributed by atoms with Crippen LogP contribution in [0.1, 0.15) is 12.1 Å². The van der Waals surface area contributed by atoms with E-state index in [0.717, 1.165) is 6.42 Å². The molecule has 2 heterocycles. The van der Waals surface area contributed by atoms with Crippen LogP contribution in [-0.2, 0) is 16.0 Å². The average molecular weight is 282 g/mol. The number of carbonyl (C=O) groups excluding carboxylic acids is 1. The first-order valence-electron chi connectivity index (χ1n) is 6.50. The summed E-state index contributed by atoms with van der Waals surface area (Å²) in [5.41, 5.74) is 0.664. The summed E-state index contributed by atoms with van der Waals surface area (Å²) in [5, 5.41) is 11.7. The summed E-state index contributed by atoms with van der Waals surface area (Å²) in [4.78, 5) is 31.5. The minimum absolute atomic E-state index is 0.172. The van der Waals surface area contributed by atoms with Gasteiger partial charge in [0.1, 0.15) is 6.04 Å². The van der Waals surface area contributed by atoms with Crippen molar-refractivity contribution in [2.24, 2.45) is 0 Å². The maximum atomic E-state index is 12.1. The van der Waals surface area contributed by atoms with Gasteiger partial charge in [-0.3, -0.25) is 0 Å². The molecule has 0 spiro atoms. The smallest absolute Gasteiger partial charge is 0.326 e. The number of rotatable bonds is 4. The predicted octanol–water partition coefficient (Wildman–Crippen LogP) is -0.163. The van der Waals surface area contributed by atoms with E-state index < -0.39 is 12.0 Å². The Morgan fingerprint density at radius 3 is 3.05 bits per heavy atom. The van der Waals surface area contributed by atoms with Gasteiger partial charge in [-0.25, -0.2) is 14.6 Å². The summed E-state index contributed by atoms with van der Waals surface area (Å²) in [6.07, 6.45) is 3.95. The fraction of sp³-hybridized carbons (Fsp3) is 0.583. The predicted molar refractivity (Wildman–Crippen MR) is 69.3 cm³/mol. The molecule has 0 aliphatic carbocycles. The summed E-state index contributed by atoms with van der Waals surface area (Å²) >= 11 is 0. The number of amides is 2. The number of urea groups is 1. The fourth-order valence-electron chi connectivity index (χ4n) is 2.01. The molecule has 3 N–H and O–H groups in total. The second-order valence-corrected chi connectivity index (χ2v) is 4.57. The number of ether oxygens (including phenoxy) is 1. The number of hydrogen-bond acceptors (Lipinski definition) is 4. The number of imidazole rings is 1. The largest absolute Gasteiger partial charge is 0.480 e. The number of aromatic amines is 1. The molecule has 110 valence electrons. The van der Waals surface area contributed by atoms with E-state index in [9.17, 15) is 14.7 Å². The van der Waals surface area contributed by atoms with Crippen molar-refractivity contribution >= 4 is 12.0 Å². The number of carboxylic acids is 1. The third-order valence-electron chi connectivity index (χ3n) is 3.08. The second kappa shape index (κ2) is 6.90. The summed E-state index contributed by atoms with van der Waals surface area (Å²) in [7, 11) is 0. The van der Waals surface area contributed by atoms with Crippen molar-refractivity contribution in [2.75, 3.05) is 26.3 Å². The molecular weight excluding hydrogens is 264 g/mol. The normalized spacial score (nSPS) is 17.3. The lowest BCUT2D eigenvalue weighted by Gasteiger charge is -2.22. The van der Waals surface area contributed by atoms with Crippen LogP contribution in [0.2, 0.25) is 0 Å². The average Bonchev–Trinajstić information content (AvgIpc) is 2.77. The van der Waals surface area contributed by atoms with Crippen molar-refractivity contribution in [1.82, 2.24) is 20.2 Å². The Morgan fingerprint density at radius 2 is 2.35 bits per heavy atom.